The first-order valence-corrected chi connectivity index (χ1v) is 2.35. The standard InChI is InChI=1S/C6H8O/c1-6-2-4-7-5-3-6/h2,4H,1,3,5H2. The molecule has 0 atom stereocenters. The highest BCUT2D eigenvalue weighted by atomic mass is 16.5. The Balaban J connectivity index is 2.51. The average Bonchev–Trinajstić information content (AvgIpc) is 1.69. The first-order valence-electron chi connectivity index (χ1n) is 2.35. The molecule has 0 aromatic rings. The van der Waals surface area contributed by atoms with Gasteiger partial charge in [0.1, 0.15) is 0 Å². The molecule has 0 aromatic carbocycles. The molecule has 0 fully saturated rings. The largest absolute Gasteiger partial charge is 0.501 e. The zero-order valence-corrected chi connectivity index (χ0v) is 4.18. The molecule has 0 saturated carbocycles. The summed E-state index contributed by atoms with van der Waals surface area (Å²) in [6, 6.07) is 0. The Hall–Kier alpha value is -0.720. The molecule has 0 aliphatic carbocycles. The molecule has 0 amide bonds. The summed E-state index contributed by atoms with van der Waals surface area (Å²) in [5, 5.41) is 0. The smallest absolute Gasteiger partial charge is 0.0913 e. The van der Waals surface area contributed by atoms with Crippen LogP contribution >= 0.6 is 0 Å². The summed E-state index contributed by atoms with van der Waals surface area (Å²) in [5.74, 6) is 0. The maximum Gasteiger partial charge on any atom is 0.0913 e. The molecule has 0 bridgehead atoms. The molecular formula is C6H8O. The van der Waals surface area contributed by atoms with E-state index >= 15 is 0 Å². The SMILES string of the molecule is C=C1C=COCC1. The lowest BCUT2D eigenvalue weighted by molar-refractivity contribution is 0.245. The minimum Gasteiger partial charge on any atom is -0.501 e. The minimum atomic E-state index is 0.801. The van der Waals surface area contributed by atoms with Crippen LogP contribution in [0, 0.1) is 0 Å². The Morgan fingerprint density at radius 2 is 2.57 bits per heavy atom. The predicted octanol–water partition coefficient (Wildman–Crippen LogP) is 1.48. The van der Waals surface area contributed by atoms with Crippen LogP contribution in [0.4, 0.5) is 0 Å². The van der Waals surface area contributed by atoms with Gasteiger partial charge in [0.2, 0.25) is 0 Å². The molecule has 0 aromatic heterocycles. The Labute approximate surface area is 43.3 Å². The summed E-state index contributed by atoms with van der Waals surface area (Å²) in [4.78, 5) is 0. The topological polar surface area (TPSA) is 9.23 Å². The van der Waals surface area contributed by atoms with Crippen molar-refractivity contribution in [3.63, 3.8) is 0 Å². The van der Waals surface area contributed by atoms with Gasteiger partial charge in [0, 0.05) is 6.42 Å². The zero-order chi connectivity index (χ0) is 5.11. The molecule has 0 spiro atoms. The van der Waals surface area contributed by atoms with Gasteiger partial charge in [0.25, 0.3) is 0 Å². The van der Waals surface area contributed by atoms with E-state index in [2.05, 4.69) is 6.58 Å². The van der Waals surface area contributed by atoms with Crippen molar-refractivity contribution in [3.8, 4) is 0 Å². The van der Waals surface area contributed by atoms with Gasteiger partial charge in [-0.15, -0.1) is 0 Å². The minimum absolute atomic E-state index is 0.801. The molecule has 0 radical (unpaired) electrons. The summed E-state index contributed by atoms with van der Waals surface area (Å²) in [6.07, 6.45) is 4.56. The van der Waals surface area contributed by atoms with E-state index in [0.717, 1.165) is 18.6 Å². The molecule has 38 valence electrons. The molecule has 1 aliphatic heterocycles. The van der Waals surface area contributed by atoms with Crippen molar-refractivity contribution < 1.29 is 4.74 Å². The van der Waals surface area contributed by atoms with Gasteiger partial charge in [-0.05, 0) is 11.6 Å². The van der Waals surface area contributed by atoms with Crippen LogP contribution in [-0.2, 0) is 4.74 Å². The van der Waals surface area contributed by atoms with Crippen LogP contribution in [0.1, 0.15) is 6.42 Å². The Morgan fingerprint density at radius 1 is 1.71 bits per heavy atom. The molecule has 1 heteroatoms. The third-order valence-electron chi connectivity index (χ3n) is 0.941. The van der Waals surface area contributed by atoms with Crippen molar-refractivity contribution >= 4 is 0 Å². The van der Waals surface area contributed by atoms with E-state index in [0.29, 0.717) is 0 Å². The molecule has 0 saturated heterocycles. The highest BCUT2D eigenvalue weighted by Gasteiger charge is 1.92. The van der Waals surface area contributed by atoms with Crippen molar-refractivity contribution in [2.24, 2.45) is 0 Å². The number of hydrogen-bond donors (Lipinski definition) is 0. The van der Waals surface area contributed by atoms with Gasteiger partial charge >= 0.3 is 0 Å². The molecule has 1 nitrogen and oxygen atoms in total. The van der Waals surface area contributed by atoms with Gasteiger partial charge in [-0.25, -0.2) is 0 Å². The molecule has 0 N–H and O–H groups in total. The summed E-state index contributed by atoms with van der Waals surface area (Å²) >= 11 is 0. The lowest BCUT2D eigenvalue weighted by Crippen LogP contribution is -1.93. The van der Waals surface area contributed by atoms with Gasteiger partial charge in [-0.1, -0.05) is 6.58 Å². The van der Waals surface area contributed by atoms with Crippen LogP contribution in [0.5, 0.6) is 0 Å². The third-order valence-corrected chi connectivity index (χ3v) is 0.941. The van der Waals surface area contributed by atoms with E-state index in [-0.39, 0.29) is 0 Å². The van der Waals surface area contributed by atoms with Crippen LogP contribution < -0.4 is 0 Å². The molecular weight excluding hydrogens is 88.1 g/mol. The number of allylic oxidation sites excluding steroid dienone is 1. The van der Waals surface area contributed by atoms with Gasteiger partial charge in [-0.2, -0.15) is 0 Å². The molecule has 1 aliphatic rings. The van der Waals surface area contributed by atoms with E-state index in [9.17, 15) is 0 Å². The molecule has 7 heavy (non-hydrogen) atoms. The fraction of sp³-hybridized carbons (Fsp3) is 0.333. The maximum atomic E-state index is 4.90. The van der Waals surface area contributed by atoms with Gasteiger partial charge in [0.05, 0.1) is 12.9 Å². The van der Waals surface area contributed by atoms with E-state index in [1.54, 1.807) is 6.26 Å². The fourth-order valence-electron chi connectivity index (χ4n) is 0.486. The Morgan fingerprint density at radius 3 is 2.86 bits per heavy atom. The number of hydrogen-bond acceptors (Lipinski definition) is 1. The highest BCUT2D eigenvalue weighted by molar-refractivity contribution is 5.14. The molecule has 0 unspecified atom stereocenters. The van der Waals surface area contributed by atoms with Crippen LogP contribution in [-0.4, -0.2) is 6.61 Å². The second kappa shape index (κ2) is 1.82. The van der Waals surface area contributed by atoms with Crippen molar-refractivity contribution in [2.75, 3.05) is 6.61 Å². The second-order valence-electron chi connectivity index (χ2n) is 1.58. The van der Waals surface area contributed by atoms with E-state index in [1.165, 1.54) is 0 Å². The monoisotopic (exact) mass is 96.1 g/mol. The van der Waals surface area contributed by atoms with Crippen molar-refractivity contribution in [1.82, 2.24) is 0 Å². The Bertz CT molecular complexity index is 103. The van der Waals surface area contributed by atoms with Gasteiger partial charge in [-0.3, -0.25) is 0 Å². The van der Waals surface area contributed by atoms with Crippen LogP contribution in [0.3, 0.4) is 0 Å². The molecule has 1 rings (SSSR count). The molecule has 1 heterocycles. The number of ether oxygens (including phenoxy) is 1. The lowest BCUT2D eigenvalue weighted by Gasteiger charge is -2.05. The average molecular weight is 96.1 g/mol. The Kier molecular flexibility index (Phi) is 1.16. The summed E-state index contributed by atoms with van der Waals surface area (Å²) in [6.45, 7) is 4.55. The fourth-order valence-corrected chi connectivity index (χ4v) is 0.486. The highest BCUT2D eigenvalue weighted by Crippen LogP contribution is 2.05. The van der Waals surface area contributed by atoms with Gasteiger partial charge in [0.15, 0.2) is 0 Å². The summed E-state index contributed by atoms with van der Waals surface area (Å²) in [5.41, 5.74) is 1.16. The van der Waals surface area contributed by atoms with Crippen LogP contribution in [0.2, 0.25) is 0 Å². The van der Waals surface area contributed by atoms with Crippen molar-refractivity contribution in [1.29, 1.82) is 0 Å². The first-order chi connectivity index (χ1) is 3.39. The summed E-state index contributed by atoms with van der Waals surface area (Å²) in [7, 11) is 0. The first kappa shape index (κ1) is 4.44. The van der Waals surface area contributed by atoms with Gasteiger partial charge < -0.3 is 4.74 Å². The van der Waals surface area contributed by atoms with Crippen LogP contribution in [0.25, 0.3) is 0 Å². The van der Waals surface area contributed by atoms with Crippen LogP contribution in [0.15, 0.2) is 24.5 Å². The number of rotatable bonds is 0. The maximum absolute atomic E-state index is 4.90. The predicted molar refractivity (Wildman–Crippen MR) is 28.8 cm³/mol. The van der Waals surface area contributed by atoms with E-state index in [4.69, 9.17) is 4.74 Å². The normalized spacial score (nSPS) is 19.1. The van der Waals surface area contributed by atoms with Crippen molar-refractivity contribution in [3.05, 3.63) is 24.5 Å². The van der Waals surface area contributed by atoms with Crippen molar-refractivity contribution in [2.45, 2.75) is 6.42 Å². The lowest BCUT2D eigenvalue weighted by atomic mass is 10.2. The quantitative estimate of drug-likeness (QED) is 0.443. The summed E-state index contributed by atoms with van der Waals surface area (Å²) < 4.78 is 4.90. The second-order valence-corrected chi connectivity index (χ2v) is 1.58. The van der Waals surface area contributed by atoms with E-state index < -0.39 is 0 Å². The van der Waals surface area contributed by atoms with E-state index in [1.807, 2.05) is 6.08 Å². The zero-order valence-electron chi connectivity index (χ0n) is 4.18. The third kappa shape index (κ3) is 1.07.